The number of hydrogen-bond donors (Lipinski definition) is 0. The molecule has 0 unspecified atom stereocenters. The summed E-state index contributed by atoms with van der Waals surface area (Å²) in [6, 6.07) is 7.27. The molecule has 2 saturated carbocycles. The molecule has 0 spiro atoms. The van der Waals surface area contributed by atoms with Crippen molar-refractivity contribution in [3.8, 4) is 5.75 Å². The van der Waals surface area contributed by atoms with Gasteiger partial charge in [-0.3, -0.25) is 0 Å². The number of rotatable bonds is 9. The summed E-state index contributed by atoms with van der Waals surface area (Å²) >= 11 is 0. The van der Waals surface area contributed by atoms with Crippen LogP contribution in [0.4, 0.5) is 8.78 Å². The van der Waals surface area contributed by atoms with Gasteiger partial charge < -0.3 is 4.74 Å². The third kappa shape index (κ3) is 7.42. The molecular weight excluding hydrogens is 366 g/mol. The molecule has 0 aliphatic heterocycles. The average Bonchev–Trinajstić information content (AvgIpc) is 2.73. The number of hydrogen-bond acceptors (Lipinski definition) is 1. The summed E-state index contributed by atoms with van der Waals surface area (Å²) in [6.07, 6.45) is 20.9. The standard InChI is InChI=1S/C26H38F2O/c1-2-5-20-8-10-21(11-9-20)6-3-4-7-22-12-14-23(15-13-22)24-16-18-25(19-17-24)29-26(27)28/h3,6,16-23,26H,2,4-5,7-15H2,1H3/b6-3+. The fourth-order valence-corrected chi connectivity index (χ4v) is 5.40. The van der Waals surface area contributed by atoms with E-state index in [1.807, 2.05) is 12.1 Å². The molecule has 0 amide bonds. The van der Waals surface area contributed by atoms with Gasteiger partial charge in [0.05, 0.1) is 0 Å². The van der Waals surface area contributed by atoms with E-state index < -0.39 is 6.61 Å². The molecule has 0 heterocycles. The minimum Gasteiger partial charge on any atom is -0.435 e. The van der Waals surface area contributed by atoms with Crippen molar-refractivity contribution in [1.82, 2.24) is 0 Å². The number of benzene rings is 1. The molecule has 0 aromatic heterocycles. The number of alkyl halides is 2. The molecule has 1 nitrogen and oxygen atoms in total. The van der Waals surface area contributed by atoms with Gasteiger partial charge in [0, 0.05) is 0 Å². The second kappa shape index (κ2) is 11.7. The minimum atomic E-state index is -2.75. The smallest absolute Gasteiger partial charge is 0.387 e. The van der Waals surface area contributed by atoms with Crippen molar-refractivity contribution in [3.05, 3.63) is 42.0 Å². The molecular formula is C26H38F2O. The third-order valence-corrected chi connectivity index (χ3v) is 7.16. The van der Waals surface area contributed by atoms with E-state index in [1.54, 1.807) is 12.1 Å². The monoisotopic (exact) mass is 404 g/mol. The molecule has 162 valence electrons. The summed E-state index contributed by atoms with van der Waals surface area (Å²) in [5.74, 6) is 3.49. The highest BCUT2D eigenvalue weighted by atomic mass is 19.3. The maximum absolute atomic E-state index is 12.3. The average molecular weight is 405 g/mol. The van der Waals surface area contributed by atoms with E-state index in [0.29, 0.717) is 5.92 Å². The van der Waals surface area contributed by atoms with Crippen molar-refractivity contribution in [2.75, 3.05) is 0 Å². The first-order chi connectivity index (χ1) is 14.1. The van der Waals surface area contributed by atoms with Gasteiger partial charge in [-0.1, -0.05) is 44.1 Å². The zero-order valence-corrected chi connectivity index (χ0v) is 18.0. The highest BCUT2D eigenvalue weighted by molar-refractivity contribution is 5.29. The second-order valence-electron chi connectivity index (χ2n) is 9.24. The van der Waals surface area contributed by atoms with Crippen LogP contribution in [0.1, 0.15) is 95.5 Å². The molecule has 1 aromatic rings. The molecule has 2 aliphatic carbocycles. The van der Waals surface area contributed by atoms with E-state index in [4.69, 9.17) is 0 Å². The normalized spacial score (nSPS) is 28.1. The van der Waals surface area contributed by atoms with E-state index in [1.165, 1.54) is 82.6 Å². The fraction of sp³-hybridized carbons (Fsp3) is 0.692. The summed E-state index contributed by atoms with van der Waals surface area (Å²) < 4.78 is 29.0. The Kier molecular flexibility index (Phi) is 9.01. The molecule has 0 bridgehead atoms. The fourth-order valence-electron chi connectivity index (χ4n) is 5.40. The predicted octanol–water partition coefficient (Wildman–Crippen LogP) is 8.50. The van der Waals surface area contributed by atoms with Gasteiger partial charge in [-0.25, -0.2) is 0 Å². The van der Waals surface area contributed by atoms with E-state index in [9.17, 15) is 8.78 Å². The zero-order chi connectivity index (χ0) is 20.5. The van der Waals surface area contributed by atoms with Crippen LogP contribution in [0.15, 0.2) is 36.4 Å². The Morgan fingerprint density at radius 3 is 2.14 bits per heavy atom. The summed E-state index contributed by atoms with van der Waals surface area (Å²) in [5, 5.41) is 0. The van der Waals surface area contributed by atoms with Gasteiger partial charge in [-0.05, 0) is 106 Å². The van der Waals surface area contributed by atoms with Crippen LogP contribution < -0.4 is 4.74 Å². The van der Waals surface area contributed by atoms with Gasteiger partial charge >= 0.3 is 6.61 Å². The second-order valence-corrected chi connectivity index (χ2v) is 9.24. The molecule has 0 saturated heterocycles. The first-order valence-electron chi connectivity index (χ1n) is 11.9. The van der Waals surface area contributed by atoms with Gasteiger partial charge in [0.1, 0.15) is 5.75 Å². The van der Waals surface area contributed by atoms with Crippen LogP contribution in [0.3, 0.4) is 0 Å². The molecule has 0 radical (unpaired) electrons. The van der Waals surface area contributed by atoms with Crippen molar-refractivity contribution in [2.45, 2.75) is 96.5 Å². The highest BCUT2D eigenvalue weighted by Crippen LogP contribution is 2.38. The van der Waals surface area contributed by atoms with Crippen molar-refractivity contribution in [1.29, 1.82) is 0 Å². The van der Waals surface area contributed by atoms with Gasteiger partial charge in [0.2, 0.25) is 0 Å². The lowest BCUT2D eigenvalue weighted by Crippen LogP contribution is -2.13. The van der Waals surface area contributed by atoms with E-state index >= 15 is 0 Å². The molecule has 1 aromatic carbocycles. The summed E-state index contributed by atoms with van der Waals surface area (Å²) in [7, 11) is 0. The number of ether oxygens (including phenoxy) is 1. The Balaban J connectivity index is 1.32. The largest absolute Gasteiger partial charge is 0.435 e. The maximum atomic E-state index is 12.3. The summed E-state index contributed by atoms with van der Waals surface area (Å²) in [6.45, 7) is -0.442. The van der Waals surface area contributed by atoms with Gasteiger partial charge in [0.25, 0.3) is 0 Å². The summed E-state index contributed by atoms with van der Waals surface area (Å²) in [5.41, 5.74) is 1.27. The SMILES string of the molecule is CCCC1CCC(/C=C/CCC2CCC(c3ccc(OC(F)F)cc3)CC2)CC1. The number of allylic oxidation sites excluding steroid dienone is 2. The summed E-state index contributed by atoms with van der Waals surface area (Å²) in [4.78, 5) is 0. The maximum Gasteiger partial charge on any atom is 0.387 e. The molecule has 29 heavy (non-hydrogen) atoms. The van der Waals surface area contributed by atoms with Gasteiger partial charge in [-0.15, -0.1) is 0 Å². The van der Waals surface area contributed by atoms with Crippen LogP contribution in [0, 0.1) is 17.8 Å². The Bertz CT molecular complexity index is 594. The lowest BCUT2D eigenvalue weighted by atomic mass is 9.77. The van der Waals surface area contributed by atoms with Crippen molar-refractivity contribution in [3.63, 3.8) is 0 Å². The quantitative estimate of drug-likeness (QED) is 0.375. The van der Waals surface area contributed by atoms with E-state index in [0.717, 1.165) is 17.8 Å². The molecule has 2 fully saturated rings. The first kappa shape index (κ1) is 22.3. The van der Waals surface area contributed by atoms with Crippen LogP contribution in [-0.4, -0.2) is 6.61 Å². The molecule has 3 rings (SSSR count). The van der Waals surface area contributed by atoms with Crippen molar-refractivity contribution in [2.24, 2.45) is 17.8 Å². The predicted molar refractivity (Wildman–Crippen MR) is 117 cm³/mol. The Labute approximate surface area is 175 Å². The highest BCUT2D eigenvalue weighted by Gasteiger charge is 2.22. The van der Waals surface area contributed by atoms with Crippen molar-refractivity contribution < 1.29 is 13.5 Å². The topological polar surface area (TPSA) is 9.23 Å². The lowest BCUT2D eigenvalue weighted by molar-refractivity contribution is -0.0498. The lowest BCUT2D eigenvalue weighted by Gasteiger charge is -2.29. The van der Waals surface area contributed by atoms with Crippen LogP contribution in [0.2, 0.25) is 0 Å². The minimum absolute atomic E-state index is 0.253. The Morgan fingerprint density at radius 2 is 1.52 bits per heavy atom. The van der Waals surface area contributed by atoms with Gasteiger partial charge in [-0.2, -0.15) is 8.78 Å². The molecule has 0 N–H and O–H groups in total. The molecule has 0 atom stereocenters. The molecule has 2 aliphatic rings. The number of halogens is 2. The molecule has 3 heteroatoms. The zero-order valence-electron chi connectivity index (χ0n) is 18.0. The van der Waals surface area contributed by atoms with Crippen molar-refractivity contribution >= 4 is 0 Å². The Hall–Kier alpha value is -1.38. The van der Waals surface area contributed by atoms with Crippen LogP contribution in [0.25, 0.3) is 0 Å². The van der Waals surface area contributed by atoms with Gasteiger partial charge in [0.15, 0.2) is 0 Å². The third-order valence-electron chi connectivity index (χ3n) is 7.16. The first-order valence-corrected chi connectivity index (χ1v) is 11.9. The van der Waals surface area contributed by atoms with Crippen LogP contribution in [0.5, 0.6) is 5.75 Å². The van der Waals surface area contributed by atoms with E-state index in [2.05, 4.69) is 23.8 Å². The van der Waals surface area contributed by atoms with Crippen LogP contribution in [-0.2, 0) is 0 Å². The van der Waals surface area contributed by atoms with E-state index in [-0.39, 0.29) is 5.75 Å². The van der Waals surface area contributed by atoms with Crippen LogP contribution >= 0.6 is 0 Å². The Morgan fingerprint density at radius 1 is 0.897 bits per heavy atom.